The van der Waals surface area contributed by atoms with E-state index in [2.05, 4.69) is 15.4 Å². The molecule has 9 nitrogen and oxygen atoms in total. The van der Waals surface area contributed by atoms with Crippen molar-refractivity contribution in [2.45, 2.75) is 6.54 Å². The van der Waals surface area contributed by atoms with E-state index in [0.717, 1.165) is 4.68 Å². The van der Waals surface area contributed by atoms with Gasteiger partial charge in [0.2, 0.25) is 11.6 Å². The predicted octanol–water partition coefficient (Wildman–Crippen LogP) is 1.62. The van der Waals surface area contributed by atoms with Gasteiger partial charge in [-0.3, -0.25) is 4.79 Å². The number of hydrogen-bond acceptors (Lipinski definition) is 6. The van der Waals surface area contributed by atoms with Gasteiger partial charge >= 0.3 is 5.69 Å². The second-order valence-corrected chi connectivity index (χ2v) is 6.66. The van der Waals surface area contributed by atoms with Crippen LogP contribution in [-0.4, -0.2) is 39.2 Å². The van der Waals surface area contributed by atoms with Crippen molar-refractivity contribution in [3.8, 4) is 6.07 Å². The Kier molecular flexibility index (Phi) is 4.44. The van der Waals surface area contributed by atoms with E-state index in [-0.39, 0.29) is 6.54 Å². The highest BCUT2D eigenvalue weighted by atomic mass is 16.2. The Morgan fingerprint density at radius 1 is 1.17 bits per heavy atom. The summed E-state index contributed by atoms with van der Waals surface area (Å²) in [6.07, 6.45) is 0. The van der Waals surface area contributed by atoms with Crippen molar-refractivity contribution in [1.82, 2.24) is 19.2 Å². The number of amides is 1. The Morgan fingerprint density at radius 3 is 2.59 bits per heavy atom. The Labute approximate surface area is 165 Å². The maximum atomic E-state index is 13.0. The van der Waals surface area contributed by atoms with Crippen molar-refractivity contribution in [1.29, 1.82) is 5.26 Å². The highest BCUT2D eigenvalue weighted by Gasteiger charge is 2.18. The summed E-state index contributed by atoms with van der Waals surface area (Å²) in [4.78, 5) is 31.8. The summed E-state index contributed by atoms with van der Waals surface area (Å²) in [6, 6.07) is 15.8. The van der Waals surface area contributed by atoms with Crippen LogP contribution in [0.3, 0.4) is 0 Å². The van der Waals surface area contributed by atoms with E-state index < -0.39 is 11.6 Å². The minimum Gasteiger partial charge on any atom is -0.360 e. The van der Waals surface area contributed by atoms with E-state index in [0.29, 0.717) is 33.7 Å². The molecule has 4 rings (SSSR count). The first-order chi connectivity index (χ1) is 14.0. The molecule has 2 heterocycles. The van der Waals surface area contributed by atoms with Crippen LogP contribution in [0.4, 0.5) is 11.5 Å². The molecule has 2 aromatic carbocycles. The minimum absolute atomic E-state index is 0.248. The van der Waals surface area contributed by atoms with Crippen molar-refractivity contribution in [2.75, 3.05) is 24.3 Å². The van der Waals surface area contributed by atoms with Crippen LogP contribution in [0.15, 0.2) is 53.3 Å². The van der Waals surface area contributed by atoms with Crippen LogP contribution in [0.1, 0.15) is 5.56 Å². The number of fused-ring (bicyclic) bond motifs is 3. The van der Waals surface area contributed by atoms with Gasteiger partial charge in [0, 0.05) is 19.8 Å². The third-order valence-electron chi connectivity index (χ3n) is 4.40. The van der Waals surface area contributed by atoms with Gasteiger partial charge in [-0.05, 0) is 36.4 Å². The van der Waals surface area contributed by atoms with E-state index in [1.54, 1.807) is 35.2 Å². The third-order valence-corrected chi connectivity index (χ3v) is 4.40. The quantitative estimate of drug-likeness (QED) is 0.570. The highest BCUT2D eigenvalue weighted by molar-refractivity contribution is 5.90. The Hall–Kier alpha value is -4.19. The second-order valence-electron chi connectivity index (χ2n) is 6.66. The number of aromatic nitrogens is 4. The van der Waals surface area contributed by atoms with Gasteiger partial charge in [-0.15, -0.1) is 5.10 Å². The van der Waals surface area contributed by atoms with Gasteiger partial charge in [-0.2, -0.15) is 5.26 Å². The van der Waals surface area contributed by atoms with Crippen LogP contribution in [0.25, 0.3) is 16.7 Å². The molecule has 1 N–H and O–H groups in total. The van der Waals surface area contributed by atoms with E-state index in [4.69, 9.17) is 5.26 Å². The average molecular weight is 387 g/mol. The second kappa shape index (κ2) is 7.09. The number of benzene rings is 2. The fourth-order valence-corrected chi connectivity index (χ4v) is 3.05. The zero-order chi connectivity index (χ0) is 20.5. The standard InChI is InChI=1S/C20H17N7O2/c1-25(2)18-19-24-26(12-17(28)22-14-9-7-13(11-21)8-10-14)20(29)27(19)16-6-4-3-5-15(16)23-18/h3-10H,12H2,1-2H3,(H,22,28). The minimum atomic E-state index is -0.420. The smallest absolute Gasteiger partial charge is 0.351 e. The molecule has 0 saturated carbocycles. The lowest BCUT2D eigenvalue weighted by atomic mass is 10.2. The lowest BCUT2D eigenvalue weighted by Gasteiger charge is -2.12. The highest BCUT2D eigenvalue weighted by Crippen LogP contribution is 2.20. The van der Waals surface area contributed by atoms with Gasteiger partial charge in [0.15, 0.2) is 5.82 Å². The van der Waals surface area contributed by atoms with Crippen LogP contribution >= 0.6 is 0 Å². The molecular formula is C20H17N7O2. The van der Waals surface area contributed by atoms with Gasteiger partial charge in [0.1, 0.15) is 6.54 Å². The van der Waals surface area contributed by atoms with Gasteiger partial charge in [-0.25, -0.2) is 18.9 Å². The number of hydrogen-bond donors (Lipinski definition) is 1. The molecule has 0 unspecified atom stereocenters. The first-order valence-electron chi connectivity index (χ1n) is 8.83. The maximum Gasteiger partial charge on any atom is 0.351 e. The Balaban J connectivity index is 1.72. The Bertz CT molecular complexity index is 1330. The number of para-hydroxylation sites is 2. The lowest BCUT2D eigenvalue weighted by molar-refractivity contribution is -0.117. The summed E-state index contributed by atoms with van der Waals surface area (Å²) < 4.78 is 2.59. The van der Waals surface area contributed by atoms with Gasteiger partial charge < -0.3 is 10.2 Å². The summed E-state index contributed by atoms with van der Waals surface area (Å²) in [5.41, 5.74) is 2.27. The fraction of sp³-hybridized carbons (Fsp3) is 0.150. The molecule has 0 aliphatic rings. The zero-order valence-electron chi connectivity index (χ0n) is 15.8. The average Bonchev–Trinajstić information content (AvgIpc) is 3.04. The van der Waals surface area contributed by atoms with Crippen molar-refractivity contribution >= 4 is 34.1 Å². The first kappa shape index (κ1) is 18.2. The van der Waals surface area contributed by atoms with Crippen molar-refractivity contribution in [2.24, 2.45) is 0 Å². The normalized spacial score (nSPS) is 10.8. The maximum absolute atomic E-state index is 13.0. The number of nitrogens with zero attached hydrogens (tertiary/aromatic N) is 6. The summed E-state index contributed by atoms with van der Waals surface area (Å²) in [7, 11) is 3.64. The molecule has 144 valence electrons. The fourth-order valence-electron chi connectivity index (χ4n) is 3.05. The van der Waals surface area contributed by atoms with Crippen molar-refractivity contribution in [3.63, 3.8) is 0 Å². The lowest BCUT2D eigenvalue weighted by Crippen LogP contribution is -2.28. The molecule has 2 aromatic heterocycles. The monoisotopic (exact) mass is 387 g/mol. The largest absolute Gasteiger partial charge is 0.360 e. The molecular weight excluding hydrogens is 370 g/mol. The van der Waals surface area contributed by atoms with Crippen LogP contribution in [0.2, 0.25) is 0 Å². The van der Waals surface area contributed by atoms with Crippen LogP contribution in [0.5, 0.6) is 0 Å². The molecule has 1 amide bonds. The van der Waals surface area contributed by atoms with E-state index in [1.807, 2.05) is 38.4 Å². The molecule has 0 radical (unpaired) electrons. The van der Waals surface area contributed by atoms with E-state index in [1.165, 1.54) is 4.40 Å². The van der Waals surface area contributed by atoms with Gasteiger partial charge in [-0.1, -0.05) is 12.1 Å². The third kappa shape index (κ3) is 3.27. The number of nitriles is 1. The molecule has 0 aliphatic heterocycles. The summed E-state index contributed by atoms with van der Waals surface area (Å²) in [5.74, 6) is 0.135. The molecule has 0 spiro atoms. The molecule has 0 bridgehead atoms. The van der Waals surface area contributed by atoms with Crippen LogP contribution in [-0.2, 0) is 11.3 Å². The number of nitrogens with one attached hydrogen (secondary N) is 1. The summed E-state index contributed by atoms with van der Waals surface area (Å²) in [5, 5.41) is 15.9. The SMILES string of the molecule is CN(C)c1nc2ccccc2n2c(=O)n(CC(=O)Nc3ccc(C#N)cc3)nc12. The first-order valence-corrected chi connectivity index (χ1v) is 8.83. The number of rotatable bonds is 4. The molecule has 0 atom stereocenters. The molecule has 0 saturated heterocycles. The number of carbonyl (C=O) groups excluding carboxylic acids is 1. The number of carbonyl (C=O) groups is 1. The molecule has 29 heavy (non-hydrogen) atoms. The van der Waals surface area contributed by atoms with Crippen molar-refractivity contribution in [3.05, 3.63) is 64.6 Å². The summed E-state index contributed by atoms with van der Waals surface area (Å²) in [6.45, 7) is -0.248. The van der Waals surface area contributed by atoms with Gasteiger partial charge in [0.05, 0.1) is 22.7 Å². The van der Waals surface area contributed by atoms with Gasteiger partial charge in [0.25, 0.3) is 0 Å². The zero-order valence-corrected chi connectivity index (χ0v) is 15.8. The Morgan fingerprint density at radius 2 is 1.90 bits per heavy atom. The molecule has 9 heteroatoms. The van der Waals surface area contributed by atoms with E-state index >= 15 is 0 Å². The molecule has 0 fully saturated rings. The van der Waals surface area contributed by atoms with Crippen LogP contribution in [0, 0.1) is 11.3 Å². The van der Waals surface area contributed by atoms with E-state index in [9.17, 15) is 9.59 Å². The molecule has 0 aliphatic carbocycles. The predicted molar refractivity (Wildman–Crippen MR) is 109 cm³/mol. The molecule has 4 aromatic rings. The number of anilines is 2. The van der Waals surface area contributed by atoms with Crippen LogP contribution < -0.4 is 15.9 Å². The van der Waals surface area contributed by atoms with Crippen molar-refractivity contribution < 1.29 is 4.79 Å². The summed E-state index contributed by atoms with van der Waals surface area (Å²) >= 11 is 0. The topological polar surface area (TPSA) is 108 Å².